The molecule has 0 bridgehead atoms. The second kappa shape index (κ2) is 7.34. The summed E-state index contributed by atoms with van der Waals surface area (Å²) >= 11 is 1.69. The first-order chi connectivity index (χ1) is 9.25. The Labute approximate surface area is 119 Å². The van der Waals surface area contributed by atoms with Gasteiger partial charge in [0.1, 0.15) is 0 Å². The molecule has 0 amide bonds. The molecule has 2 aromatic rings. The van der Waals surface area contributed by atoms with Gasteiger partial charge in [0.15, 0.2) is 0 Å². The Morgan fingerprint density at radius 3 is 2.63 bits per heavy atom. The van der Waals surface area contributed by atoms with E-state index in [-0.39, 0.29) is 6.04 Å². The first kappa shape index (κ1) is 14.1. The minimum absolute atomic E-state index is 0.0748. The summed E-state index contributed by atoms with van der Waals surface area (Å²) in [4.78, 5) is 1.20. The molecule has 3 heteroatoms. The van der Waals surface area contributed by atoms with Gasteiger partial charge in [-0.25, -0.2) is 0 Å². The smallest absolute Gasteiger partial charge is 0.0971 e. The Kier molecular flexibility index (Phi) is 5.45. The standard InChI is InChI=1S/C16H19NOS/c1-13(17)15-8-5-9-16(10-15)19-12-18-11-14-6-3-2-4-7-14/h2-10,13H,11-12,17H2,1H3. The van der Waals surface area contributed by atoms with Gasteiger partial charge in [0.25, 0.3) is 0 Å². The predicted molar refractivity (Wildman–Crippen MR) is 81.0 cm³/mol. The monoisotopic (exact) mass is 273 g/mol. The second-order valence-corrected chi connectivity index (χ2v) is 5.45. The molecule has 0 saturated carbocycles. The molecule has 1 atom stereocenters. The zero-order valence-electron chi connectivity index (χ0n) is 11.1. The molecule has 100 valence electrons. The van der Waals surface area contributed by atoms with Crippen molar-refractivity contribution in [1.29, 1.82) is 0 Å². The van der Waals surface area contributed by atoms with Crippen molar-refractivity contribution < 1.29 is 4.74 Å². The predicted octanol–water partition coefficient (Wildman–Crippen LogP) is 3.97. The van der Waals surface area contributed by atoms with Crippen LogP contribution < -0.4 is 5.73 Å². The van der Waals surface area contributed by atoms with Crippen LogP contribution in [-0.2, 0) is 11.3 Å². The molecule has 2 aromatic carbocycles. The van der Waals surface area contributed by atoms with Gasteiger partial charge in [-0.1, -0.05) is 54.2 Å². The van der Waals surface area contributed by atoms with Crippen molar-refractivity contribution in [3.8, 4) is 0 Å². The number of rotatable bonds is 6. The fourth-order valence-corrected chi connectivity index (χ4v) is 2.43. The van der Waals surface area contributed by atoms with E-state index in [0.717, 1.165) is 5.56 Å². The van der Waals surface area contributed by atoms with Crippen molar-refractivity contribution in [1.82, 2.24) is 0 Å². The van der Waals surface area contributed by atoms with Crippen LogP contribution in [0.3, 0.4) is 0 Å². The van der Waals surface area contributed by atoms with Crippen molar-refractivity contribution in [3.63, 3.8) is 0 Å². The molecule has 0 heterocycles. The van der Waals surface area contributed by atoms with Crippen LogP contribution in [0.4, 0.5) is 0 Å². The number of benzene rings is 2. The molecule has 19 heavy (non-hydrogen) atoms. The Morgan fingerprint density at radius 1 is 1.11 bits per heavy atom. The first-order valence-corrected chi connectivity index (χ1v) is 7.34. The summed E-state index contributed by atoms with van der Waals surface area (Å²) in [5.41, 5.74) is 8.23. The third-order valence-electron chi connectivity index (χ3n) is 2.80. The SMILES string of the molecule is CC(N)c1cccc(SCOCc2ccccc2)c1. The zero-order valence-corrected chi connectivity index (χ0v) is 11.9. The summed E-state index contributed by atoms with van der Waals surface area (Å²) in [5, 5.41) is 0. The third-order valence-corrected chi connectivity index (χ3v) is 3.68. The van der Waals surface area contributed by atoms with E-state index in [4.69, 9.17) is 10.5 Å². The Balaban J connectivity index is 1.78. The minimum Gasteiger partial charge on any atom is -0.366 e. The third kappa shape index (κ3) is 4.71. The average molecular weight is 273 g/mol. The van der Waals surface area contributed by atoms with Crippen LogP contribution in [0.1, 0.15) is 24.1 Å². The Hall–Kier alpha value is -1.29. The maximum atomic E-state index is 5.87. The van der Waals surface area contributed by atoms with Crippen molar-refractivity contribution >= 4 is 11.8 Å². The number of thioether (sulfide) groups is 1. The highest BCUT2D eigenvalue weighted by molar-refractivity contribution is 7.99. The molecular weight excluding hydrogens is 254 g/mol. The molecule has 0 aliphatic rings. The van der Waals surface area contributed by atoms with Crippen molar-refractivity contribution in [3.05, 3.63) is 65.7 Å². The fourth-order valence-electron chi connectivity index (χ4n) is 1.73. The van der Waals surface area contributed by atoms with Crippen LogP contribution in [0.5, 0.6) is 0 Å². The molecule has 2 nitrogen and oxygen atoms in total. The number of hydrogen-bond acceptors (Lipinski definition) is 3. The second-order valence-electron chi connectivity index (χ2n) is 4.46. The van der Waals surface area contributed by atoms with Gasteiger partial charge >= 0.3 is 0 Å². The molecule has 0 radical (unpaired) electrons. The summed E-state index contributed by atoms with van der Waals surface area (Å²) in [5.74, 6) is 0.650. The number of nitrogens with two attached hydrogens (primary N) is 1. The summed E-state index contributed by atoms with van der Waals surface area (Å²) in [6, 6.07) is 18.6. The molecule has 2 N–H and O–H groups in total. The normalized spacial score (nSPS) is 12.3. The molecule has 0 fully saturated rings. The van der Waals surface area contributed by atoms with Crippen molar-refractivity contribution in [2.75, 3.05) is 5.94 Å². The van der Waals surface area contributed by atoms with Crippen LogP contribution in [0, 0.1) is 0 Å². The van der Waals surface area contributed by atoms with Crippen molar-refractivity contribution in [2.24, 2.45) is 5.73 Å². The van der Waals surface area contributed by atoms with Crippen LogP contribution in [0.2, 0.25) is 0 Å². The lowest BCUT2D eigenvalue weighted by atomic mass is 10.1. The maximum absolute atomic E-state index is 5.87. The van der Waals surface area contributed by atoms with Gasteiger partial charge < -0.3 is 10.5 Å². The molecule has 0 saturated heterocycles. The van der Waals surface area contributed by atoms with Crippen LogP contribution >= 0.6 is 11.8 Å². The van der Waals surface area contributed by atoms with E-state index in [1.807, 2.05) is 31.2 Å². The lowest BCUT2D eigenvalue weighted by Gasteiger charge is -2.08. The quantitative estimate of drug-likeness (QED) is 0.491. The van der Waals surface area contributed by atoms with Gasteiger partial charge in [-0.05, 0) is 30.2 Å². The lowest BCUT2D eigenvalue weighted by molar-refractivity contribution is 0.169. The Morgan fingerprint density at radius 2 is 1.89 bits per heavy atom. The van der Waals surface area contributed by atoms with Gasteiger partial charge in [0.2, 0.25) is 0 Å². The number of hydrogen-bond donors (Lipinski definition) is 1. The molecular formula is C16H19NOS. The highest BCUT2D eigenvalue weighted by atomic mass is 32.2. The molecule has 0 aliphatic carbocycles. The highest BCUT2D eigenvalue weighted by Crippen LogP contribution is 2.22. The van der Waals surface area contributed by atoms with E-state index in [1.54, 1.807) is 11.8 Å². The lowest BCUT2D eigenvalue weighted by Crippen LogP contribution is -2.04. The summed E-state index contributed by atoms with van der Waals surface area (Å²) in [6.07, 6.45) is 0. The van der Waals surface area contributed by atoms with E-state index >= 15 is 0 Å². The molecule has 1 unspecified atom stereocenters. The van der Waals surface area contributed by atoms with E-state index in [1.165, 1.54) is 10.5 Å². The molecule has 0 aromatic heterocycles. The topological polar surface area (TPSA) is 35.2 Å². The van der Waals surface area contributed by atoms with Gasteiger partial charge in [0, 0.05) is 10.9 Å². The van der Waals surface area contributed by atoms with Gasteiger partial charge in [0.05, 0.1) is 12.5 Å². The summed E-state index contributed by atoms with van der Waals surface area (Å²) in [6.45, 7) is 2.65. The maximum Gasteiger partial charge on any atom is 0.0971 e. The Bertz CT molecular complexity index is 499. The van der Waals surface area contributed by atoms with E-state index in [0.29, 0.717) is 12.5 Å². The van der Waals surface area contributed by atoms with Crippen LogP contribution in [0.15, 0.2) is 59.5 Å². The van der Waals surface area contributed by atoms with Crippen LogP contribution in [0.25, 0.3) is 0 Å². The summed E-state index contributed by atoms with van der Waals surface area (Å²) in [7, 11) is 0. The van der Waals surface area contributed by atoms with Gasteiger partial charge in [-0.2, -0.15) is 0 Å². The zero-order chi connectivity index (χ0) is 13.5. The van der Waals surface area contributed by atoms with E-state index in [2.05, 4.69) is 30.3 Å². The average Bonchev–Trinajstić information content (AvgIpc) is 2.45. The van der Waals surface area contributed by atoms with E-state index in [9.17, 15) is 0 Å². The van der Waals surface area contributed by atoms with Crippen LogP contribution in [-0.4, -0.2) is 5.94 Å². The minimum atomic E-state index is 0.0748. The highest BCUT2D eigenvalue weighted by Gasteiger charge is 2.01. The van der Waals surface area contributed by atoms with Gasteiger partial charge in [-0.3, -0.25) is 0 Å². The first-order valence-electron chi connectivity index (χ1n) is 6.36. The number of ether oxygens (including phenoxy) is 1. The van der Waals surface area contributed by atoms with E-state index < -0.39 is 0 Å². The molecule has 0 spiro atoms. The molecule has 2 rings (SSSR count). The largest absolute Gasteiger partial charge is 0.366 e. The van der Waals surface area contributed by atoms with Crippen molar-refractivity contribution in [2.45, 2.75) is 24.5 Å². The summed E-state index contributed by atoms with van der Waals surface area (Å²) < 4.78 is 5.66. The fraction of sp³-hybridized carbons (Fsp3) is 0.250. The van der Waals surface area contributed by atoms with Gasteiger partial charge in [-0.15, -0.1) is 0 Å². The molecule has 0 aliphatic heterocycles.